The van der Waals surface area contributed by atoms with Gasteiger partial charge in [0.15, 0.2) is 0 Å². The van der Waals surface area contributed by atoms with Gasteiger partial charge >= 0.3 is 0 Å². The molecule has 208 valence electrons. The molecule has 4 aromatic heterocycles. The topological polar surface area (TPSA) is 100 Å². The predicted octanol–water partition coefficient (Wildman–Crippen LogP) is 5.08. The number of hydrogen-bond donors (Lipinski definition) is 1. The average molecular weight is 545 g/mol. The molecule has 0 saturated carbocycles. The zero-order valence-electron chi connectivity index (χ0n) is 23.3. The Morgan fingerprint density at radius 2 is 1.90 bits per heavy atom. The molecular formula is C30H33FN6O3. The minimum absolute atomic E-state index is 0.187. The highest BCUT2D eigenvalue weighted by atomic mass is 19.1. The van der Waals surface area contributed by atoms with Crippen LogP contribution in [0.5, 0.6) is 5.75 Å². The zero-order chi connectivity index (χ0) is 28.2. The molecular weight excluding hydrogens is 511 g/mol. The van der Waals surface area contributed by atoms with Crippen molar-refractivity contribution >= 4 is 21.9 Å². The van der Waals surface area contributed by atoms with Crippen molar-refractivity contribution < 1.29 is 19.0 Å². The Hall–Kier alpha value is -3.89. The van der Waals surface area contributed by atoms with Gasteiger partial charge in [-0.2, -0.15) is 0 Å². The third-order valence-electron chi connectivity index (χ3n) is 7.97. The molecule has 1 aromatic carbocycles. The Bertz CT molecular complexity index is 1700. The normalized spacial score (nSPS) is 15.7. The van der Waals surface area contributed by atoms with Gasteiger partial charge in [0, 0.05) is 55.2 Å². The molecule has 5 aromatic rings. The summed E-state index contributed by atoms with van der Waals surface area (Å²) in [7, 11) is 3.40. The number of aliphatic hydroxyl groups is 1. The standard InChI is InChI=1S/C30H33FN6O3/c1-17-28(36(4)35-34-17)21-15-25-22(14-23(21)31)27-26(12-19(16-33-27)30(2,3)38)37(25)29(18-7-10-40-11-8-18)24-13-20(39-5)6-9-32-24/h6,9,12-16,18,29,38H,7-8,10-11H2,1-5H3/t29-/m1/s1. The minimum atomic E-state index is -1.11. The number of pyridine rings is 2. The van der Waals surface area contributed by atoms with Crippen LogP contribution < -0.4 is 4.74 Å². The summed E-state index contributed by atoms with van der Waals surface area (Å²) in [4.78, 5) is 9.58. The van der Waals surface area contributed by atoms with Gasteiger partial charge in [-0.15, -0.1) is 5.10 Å². The first kappa shape index (κ1) is 26.3. The molecule has 0 bridgehead atoms. The van der Waals surface area contributed by atoms with E-state index in [-0.39, 0.29) is 17.8 Å². The summed E-state index contributed by atoms with van der Waals surface area (Å²) in [6.45, 7) is 6.59. The molecule has 9 nitrogen and oxygen atoms in total. The van der Waals surface area contributed by atoms with E-state index in [1.54, 1.807) is 51.1 Å². The SMILES string of the molecule is COc1ccnc([C@@H](C2CCOCC2)n2c3cc(-c4c(C)nnn4C)c(F)cc3c3ncc(C(C)(C)O)cc32)c1. The Kier molecular flexibility index (Phi) is 6.54. The predicted molar refractivity (Wildman–Crippen MR) is 150 cm³/mol. The molecule has 1 fully saturated rings. The van der Waals surface area contributed by atoms with Crippen LogP contribution in [0.2, 0.25) is 0 Å². The zero-order valence-corrected chi connectivity index (χ0v) is 23.3. The van der Waals surface area contributed by atoms with Crippen LogP contribution in [0.25, 0.3) is 33.2 Å². The van der Waals surface area contributed by atoms with Crippen LogP contribution in [-0.4, -0.2) is 55.0 Å². The lowest BCUT2D eigenvalue weighted by atomic mass is 9.88. The van der Waals surface area contributed by atoms with E-state index in [1.807, 2.05) is 31.2 Å². The van der Waals surface area contributed by atoms with E-state index in [0.717, 1.165) is 29.6 Å². The van der Waals surface area contributed by atoms with Gasteiger partial charge < -0.3 is 19.1 Å². The third kappa shape index (κ3) is 4.41. The Balaban J connectivity index is 1.72. The summed E-state index contributed by atoms with van der Waals surface area (Å²) in [5.74, 6) is 0.517. The first-order valence-corrected chi connectivity index (χ1v) is 13.5. The number of halogens is 1. The van der Waals surface area contributed by atoms with Crippen LogP contribution in [0, 0.1) is 18.7 Å². The number of rotatable bonds is 6. The van der Waals surface area contributed by atoms with Crippen molar-refractivity contribution in [3.63, 3.8) is 0 Å². The second-order valence-corrected chi connectivity index (χ2v) is 11.0. The molecule has 0 radical (unpaired) electrons. The van der Waals surface area contributed by atoms with Crippen molar-refractivity contribution in [1.29, 1.82) is 0 Å². The fraction of sp³-hybridized carbons (Fsp3) is 0.400. The molecule has 1 aliphatic rings. The fourth-order valence-corrected chi connectivity index (χ4v) is 5.90. The number of benzene rings is 1. The maximum atomic E-state index is 15.8. The highest BCUT2D eigenvalue weighted by Gasteiger charge is 2.33. The first-order valence-electron chi connectivity index (χ1n) is 13.5. The van der Waals surface area contributed by atoms with E-state index in [1.165, 1.54) is 0 Å². The molecule has 1 N–H and O–H groups in total. The molecule has 6 rings (SSSR count). The summed E-state index contributed by atoms with van der Waals surface area (Å²) in [6.07, 6.45) is 5.09. The smallest absolute Gasteiger partial charge is 0.133 e. The number of nitrogens with zero attached hydrogens (tertiary/aromatic N) is 6. The van der Waals surface area contributed by atoms with Crippen LogP contribution >= 0.6 is 0 Å². The quantitative estimate of drug-likeness (QED) is 0.318. The van der Waals surface area contributed by atoms with Crippen molar-refractivity contribution in [2.45, 2.75) is 45.3 Å². The number of aryl methyl sites for hydroxylation is 2. The molecule has 1 aliphatic heterocycles. The third-order valence-corrected chi connectivity index (χ3v) is 7.97. The number of ether oxygens (including phenoxy) is 2. The van der Waals surface area contributed by atoms with E-state index in [4.69, 9.17) is 19.4 Å². The van der Waals surface area contributed by atoms with Crippen molar-refractivity contribution in [3.8, 4) is 17.0 Å². The number of fused-ring (bicyclic) bond motifs is 3. The molecule has 0 spiro atoms. The Morgan fingerprint density at radius 1 is 1.12 bits per heavy atom. The molecule has 5 heterocycles. The largest absolute Gasteiger partial charge is 0.497 e. The average Bonchev–Trinajstić information content (AvgIpc) is 3.44. The molecule has 1 atom stereocenters. The van der Waals surface area contributed by atoms with Gasteiger partial charge in [0.25, 0.3) is 0 Å². The van der Waals surface area contributed by atoms with Gasteiger partial charge in [0.1, 0.15) is 11.6 Å². The molecule has 0 amide bonds. The fourth-order valence-electron chi connectivity index (χ4n) is 5.90. The van der Waals surface area contributed by atoms with E-state index >= 15 is 4.39 Å². The lowest BCUT2D eigenvalue weighted by Crippen LogP contribution is -2.27. The van der Waals surface area contributed by atoms with Gasteiger partial charge in [-0.25, -0.2) is 9.07 Å². The lowest BCUT2D eigenvalue weighted by molar-refractivity contribution is 0.0547. The summed E-state index contributed by atoms with van der Waals surface area (Å²) < 4.78 is 30.9. The van der Waals surface area contributed by atoms with Crippen molar-refractivity contribution in [2.24, 2.45) is 13.0 Å². The van der Waals surface area contributed by atoms with Crippen LogP contribution in [0.1, 0.15) is 49.7 Å². The van der Waals surface area contributed by atoms with Crippen LogP contribution in [0.4, 0.5) is 4.39 Å². The molecule has 0 unspecified atom stereocenters. The Morgan fingerprint density at radius 3 is 2.58 bits per heavy atom. The second kappa shape index (κ2) is 9.94. The van der Waals surface area contributed by atoms with Crippen molar-refractivity contribution in [2.75, 3.05) is 20.3 Å². The Labute approximate surface area is 231 Å². The number of aromatic nitrogens is 6. The maximum Gasteiger partial charge on any atom is 0.133 e. The van der Waals surface area contributed by atoms with Gasteiger partial charge in [-0.05, 0) is 63.8 Å². The number of hydrogen-bond acceptors (Lipinski definition) is 7. The summed E-state index contributed by atoms with van der Waals surface area (Å²) >= 11 is 0. The van der Waals surface area contributed by atoms with E-state index in [2.05, 4.69) is 14.9 Å². The van der Waals surface area contributed by atoms with Gasteiger partial charge in [0.05, 0.1) is 52.4 Å². The summed E-state index contributed by atoms with van der Waals surface area (Å²) in [5, 5.41) is 19.8. The van der Waals surface area contributed by atoms with E-state index in [0.29, 0.717) is 52.4 Å². The summed E-state index contributed by atoms with van der Waals surface area (Å²) in [6, 6.07) is 8.95. The monoisotopic (exact) mass is 544 g/mol. The number of methoxy groups -OCH3 is 1. The van der Waals surface area contributed by atoms with Crippen LogP contribution in [-0.2, 0) is 17.4 Å². The van der Waals surface area contributed by atoms with E-state index in [9.17, 15) is 5.11 Å². The molecule has 40 heavy (non-hydrogen) atoms. The minimum Gasteiger partial charge on any atom is -0.497 e. The maximum absolute atomic E-state index is 15.8. The van der Waals surface area contributed by atoms with Gasteiger partial charge in [-0.1, -0.05) is 5.21 Å². The van der Waals surface area contributed by atoms with Crippen molar-refractivity contribution in [3.05, 3.63) is 65.5 Å². The lowest BCUT2D eigenvalue weighted by Gasteiger charge is -2.32. The highest BCUT2D eigenvalue weighted by molar-refractivity contribution is 6.07. The highest BCUT2D eigenvalue weighted by Crippen LogP contribution is 2.42. The van der Waals surface area contributed by atoms with Gasteiger partial charge in [0.2, 0.25) is 0 Å². The van der Waals surface area contributed by atoms with Crippen molar-refractivity contribution in [1.82, 2.24) is 29.5 Å². The second-order valence-electron chi connectivity index (χ2n) is 11.0. The summed E-state index contributed by atoms with van der Waals surface area (Å²) in [5.41, 5.74) is 4.33. The van der Waals surface area contributed by atoms with Crippen LogP contribution in [0.15, 0.2) is 42.7 Å². The molecule has 1 saturated heterocycles. The first-order chi connectivity index (χ1) is 19.2. The molecule has 0 aliphatic carbocycles. The van der Waals surface area contributed by atoms with E-state index < -0.39 is 5.60 Å². The molecule has 10 heteroatoms. The van der Waals surface area contributed by atoms with Crippen LogP contribution in [0.3, 0.4) is 0 Å². The van der Waals surface area contributed by atoms with Gasteiger partial charge in [-0.3, -0.25) is 9.97 Å².